The molecule has 0 saturated heterocycles. The molecule has 1 aromatic carbocycles. The summed E-state index contributed by atoms with van der Waals surface area (Å²) in [7, 11) is 7.21. The Morgan fingerprint density at radius 2 is 1.71 bits per heavy atom. The highest BCUT2D eigenvalue weighted by atomic mass is 16.5. The molecule has 0 aromatic heterocycles. The van der Waals surface area contributed by atoms with Gasteiger partial charge >= 0.3 is 0 Å². The zero-order valence-corrected chi connectivity index (χ0v) is 13.7. The molecule has 1 heterocycles. The SMILES string of the molecule is COc1cc(C[C@@H]2CC(C)=CC[NH+]2C)cc(OC)c1OC. The number of benzene rings is 1. The van der Waals surface area contributed by atoms with Crippen molar-refractivity contribution in [2.24, 2.45) is 0 Å². The van der Waals surface area contributed by atoms with Gasteiger partial charge in [0.25, 0.3) is 0 Å². The number of likely N-dealkylation sites (N-methyl/N-ethyl adjacent to an activating group) is 1. The molecule has 1 aliphatic rings. The summed E-state index contributed by atoms with van der Waals surface area (Å²) in [4.78, 5) is 1.55. The highest BCUT2D eigenvalue weighted by Crippen LogP contribution is 2.38. The molecule has 0 aliphatic carbocycles. The van der Waals surface area contributed by atoms with E-state index < -0.39 is 0 Å². The first-order valence-electron chi connectivity index (χ1n) is 7.35. The highest BCUT2D eigenvalue weighted by Gasteiger charge is 2.24. The van der Waals surface area contributed by atoms with Gasteiger partial charge in [-0.05, 0) is 30.7 Å². The van der Waals surface area contributed by atoms with Crippen LogP contribution in [0.15, 0.2) is 23.8 Å². The van der Waals surface area contributed by atoms with Gasteiger partial charge < -0.3 is 19.1 Å². The van der Waals surface area contributed by atoms with Crippen LogP contribution in [0.25, 0.3) is 0 Å². The maximum atomic E-state index is 5.43. The molecule has 0 fully saturated rings. The van der Waals surface area contributed by atoms with E-state index in [1.54, 1.807) is 26.2 Å². The largest absolute Gasteiger partial charge is 0.493 e. The predicted octanol–water partition coefficient (Wildman–Crippen LogP) is 1.49. The lowest BCUT2D eigenvalue weighted by Crippen LogP contribution is -3.13. The summed E-state index contributed by atoms with van der Waals surface area (Å²) < 4.78 is 16.2. The maximum absolute atomic E-state index is 5.43. The van der Waals surface area contributed by atoms with Crippen molar-refractivity contribution in [1.82, 2.24) is 0 Å². The van der Waals surface area contributed by atoms with Crippen molar-refractivity contribution in [1.29, 1.82) is 0 Å². The third kappa shape index (κ3) is 3.50. The molecule has 0 spiro atoms. The van der Waals surface area contributed by atoms with E-state index in [9.17, 15) is 0 Å². The van der Waals surface area contributed by atoms with Gasteiger partial charge in [-0.1, -0.05) is 5.57 Å². The number of ether oxygens (including phenoxy) is 3. The third-order valence-electron chi connectivity index (χ3n) is 4.24. The van der Waals surface area contributed by atoms with Crippen LogP contribution in [-0.4, -0.2) is 41.0 Å². The standard InChI is InChI=1S/C17H25NO3/c1-12-6-7-18(2)14(8-12)9-13-10-15(19-3)17(21-5)16(11-13)20-4/h6,10-11,14H,7-9H2,1-5H3/p+1/t14-/m0/s1. The minimum Gasteiger partial charge on any atom is -0.493 e. The Balaban J connectivity index is 2.26. The van der Waals surface area contributed by atoms with Crippen LogP contribution >= 0.6 is 0 Å². The Kier molecular flexibility index (Phi) is 5.12. The number of hydrogen-bond acceptors (Lipinski definition) is 3. The minimum absolute atomic E-state index is 0.595. The summed E-state index contributed by atoms with van der Waals surface area (Å²) in [5, 5.41) is 0. The van der Waals surface area contributed by atoms with Gasteiger partial charge in [0, 0.05) is 12.8 Å². The van der Waals surface area contributed by atoms with Gasteiger partial charge in [0.05, 0.1) is 41.0 Å². The lowest BCUT2D eigenvalue weighted by Gasteiger charge is -2.28. The summed E-state index contributed by atoms with van der Waals surface area (Å²) in [6.45, 7) is 3.32. The molecule has 4 heteroatoms. The van der Waals surface area contributed by atoms with Gasteiger partial charge in [0.2, 0.25) is 5.75 Å². The Morgan fingerprint density at radius 1 is 1.10 bits per heavy atom. The number of rotatable bonds is 5. The molecule has 0 saturated carbocycles. The van der Waals surface area contributed by atoms with Crippen molar-refractivity contribution < 1.29 is 19.1 Å². The fourth-order valence-corrected chi connectivity index (χ4v) is 2.93. The maximum Gasteiger partial charge on any atom is 0.203 e. The predicted molar refractivity (Wildman–Crippen MR) is 83.7 cm³/mol. The summed E-state index contributed by atoms with van der Waals surface area (Å²) >= 11 is 0. The summed E-state index contributed by atoms with van der Waals surface area (Å²) in [5.41, 5.74) is 2.71. The Bertz CT molecular complexity index is 500. The first-order valence-corrected chi connectivity index (χ1v) is 7.35. The normalized spacial score (nSPS) is 21.7. The average Bonchev–Trinajstić information content (AvgIpc) is 2.49. The summed E-state index contributed by atoms with van der Waals surface area (Å²) in [6, 6.07) is 4.71. The second kappa shape index (κ2) is 6.85. The van der Waals surface area contributed by atoms with Crippen LogP contribution in [0.2, 0.25) is 0 Å². The molecule has 1 aliphatic heterocycles. The van der Waals surface area contributed by atoms with Gasteiger partial charge in [0.15, 0.2) is 11.5 Å². The topological polar surface area (TPSA) is 32.1 Å². The van der Waals surface area contributed by atoms with E-state index >= 15 is 0 Å². The van der Waals surface area contributed by atoms with E-state index in [4.69, 9.17) is 14.2 Å². The lowest BCUT2D eigenvalue weighted by molar-refractivity contribution is -0.901. The fraction of sp³-hybridized carbons (Fsp3) is 0.529. The van der Waals surface area contributed by atoms with Gasteiger partial charge in [0.1, 0.15) is 0 Å². The van der Waals surface area contributed by atoms with Crippen molar-refractivity contribution >= 4 is 0 Å². The number of methoxy groups -OCH3 is 3. The van der Waals surface area contributed by atoms with Crippen LogP contribution in [0.5, 0.6) is 17.2 Å². The van der Waals surface area contributed by atoms with Gasteiger partial charge in [-0.3, -0.25) is 0 Å². The van der Waals surface area contributed by atoms with E-state index in [-0.39, 0.29) is 0 Å². The molecular formula is C17H26NO3+. The Morgan fingerprint density at radius 3 is 2.24 bits per heavy atom. The molecule has 1 N–H and O–H groups in total. The van der Waals surface area contributed by atoms with Gasteiger partial charge in [-0.15, -0.1) is 0 Å². The van der Waals surface area contributed by atoms with Crippen LogP contribution in [0, 0.1) is 0 Å². The minimum atomic E-state index is 0.595. The zero-order valence-electron chi connectivity index (χ0n) is 13.7. The molecule has 116 valence electrons. The molecule has 1 aromatic rings. The van der Waals surface area contributed by atoms with Crippen LogP contribution in [-0.2, 0) is 6.42 Å². The second-order valence-electron chi connectivity index (χ2n) is 5.74. The monoisotopic (exact) mass is 292 g/mol. The molecule has 2 rings (SSSR count). The number of hydrogen-bond donors (Lipinski definition) is 1. The molecule has 4 nitrogen and oxygen atoms in total. The molecule has 0 bridgehead atoms. The van der Waals surface area contributed by atoms with E-state index in [0.29, 0.717) is 11.8 Å². The average molecular weight is 292 g/mol. The van der Waals surface area contributed by atoms with Crippen molar-refractivity contribution in [2.75, 3.05) is 34.9 Å². The highest BCUT2D eigenvalue weighted by molar-refractivity contribution is 5.53. The van der Waals surface area contributed by atoms with Crippen LogP contribution in [0.3, 0.4) is 0 Å². The molecular weight excluding hydrogens is 266 g/mol. The van der Waals surface area contributed by atoms with Crippen molar-refractivity contribution in [3.8, 4) is 17.2 Å². The Labute approximate surface area is 127 Å². The van der Waals surface area contributed by atoms with Gasteiger partial charge in [-0.2, -0.15) is 0 Å². The Hall–Kier alpha value is -1.68. The van der Waals surface area contributed by atoms with E-state index in [0.717, 1.165) is 30.9 Å². The van der Waals surface area contributed by atoms with E-state index in [2.05, 4.69) is 32.2 Å². The van der Waals surface area contributed by atoms with Crippen molar-refractivity contribution in [3.63, 3.8) is 0 Å². The first kappa shape index (κ1) is 15.7. The van der Waals surface area contributed by atoms with Crippen LogP contribution in [0.4, 0.5) is 0 Å². The molecule has 1 unspecified atom stereocenters. The summed E-state index contributed by atoms with van der Waals surface area (Å²) in [5.74, 6) is 2.12. The van der Waals surface area contributed by atoms with Crippen LogP contribution in [0.1, 0.15) is 18.9 Å². The van der Waals surface area contributed by atoms with Crippen molar-refractivity contribution in [2.45, 2.75) is 25.8 Å². The van der Waals surface area contributed by atoms with Crippen LogP contribution < -0.4 is 19.1 Å². The lowest BCUT2D eigenvalue weighted by atomic mass is 9.95. The molecule has 21 heavy (non-hydrogen) atoms. The summed E-state index contributed by atoms with van der Waals surface area (Å²) in [6.07, 6.45) is 4.48. The van der Waals surface area contributed by atoms with E-state index in [1.807, 2.05) is 0 Å². The fourth-order valence-electron chi connectivity index (χ4n) is 2.93. The number of nitrogens with one attached hydrogen (secondary N) is 1. The zero-order chi connectivity index (χ0) is 15.4. The smallest absolute Gasteiger partial charge is 0.203 e. The molecule has 0 amide bonds. The number of quaternary nitrogens is 1. The second-order valence-corrected chi connectivity index (χ2v) is 5.74. The first-order chi connectivity index (χ1) is 10.1. The third-order valence-corrected chi connectivity index (χ3v) is 4.24. The quantitative estimate of drug-likeness (QED) is 0.835. The van der Waals surface area contributed by atoms with E-state index in [1.165, 1.54) is 11.1 Å². The molecule has 0 radical (unpaired) electrons. The van der Waals surface area contributed by atoms with Crippen molar-refractivity contribution in [3.05, 3.63) is 29.3 Å². The van der Waals surface area contributed by atoms with Gasteiger partial charge in [-0.25, -0.2) is 0 Å². The molecule has 2 atom stereocenters.